The van der Waals surface area contributed by atoms with Gasteiger partial charge < -0.3 is 15.4 Å². The molecule has 2 aromatic rings. The molecule has 1 atom stereocenters. The summed E-state index contributed by atoms with van der Waals surface area (Å²) in [6.45, 7) is 1.89. The van der Waals surface area contributed by atoms with E-state index in [4.69, 9.17) is 4.74 Å². The molecule has 3 rings (SSSR count). The van der Waals surface area contributed by atoms with Gasteiger partial charge in [-0.3, -0.25) is 9.48 Å². The molecule has 2 heterocycles. The number of nitrogens with one attached hydrogen (secondary N) is 2. The SMILES string of the molecule is COc1ccc(CNC(=O)[C@@H]2CNCc3cn(C)nc32)cc1. The van der Waals surface area contributed by atoms with Crippen LogP contribution in [0.4, 0.5) is 0 Å². The molecule has 2 N–H and O–H groups in total. The maximum atomic E-state index is 12.4. The van der Waals surface area contributed by atoms with Crippen molar-refractivity contribution in [2.24, 2.45) is 7.05 Å². The minimum absolute atomic E-state index is 0.00275. The Kier molecular flexibility index (Phi) is 4.11. The van der Waals surface area contributed by atoms with E-state index in [1.807, 2.05) is 37.5 Å². The smallest absolute Gasteiger partial charge is 0.230 e. The standard InChI is InChI=1S/C16H20N4O2/c1-20-10-12-8-17-9-14(15(12)19-20)16(21)18-7-11-3-5-13(22-2)6-4-11/h3-6,10,14,17H,7-9H2,1-2H3,(H,18,21)/t14-/m1/s1. The molecular formula is C16H20N4O2. The summed E-state index contributed by atoms with van der Waals surface area (Å²) >= 11 is 0. The van der Waals surface area contributed by atoms with Gasteiger partial charge in [0.1, 0.15) is 5.75 Å². The molecule has 0 aliphatic carbocycles. The van der Waals surface area contributed by atoms with E-state index in [9.17, 15) is 4.79 Å². The van der Waals surface area contributed by atoms with E-state index in [-0.39, 0.29) is 11.8 Å². The van der Waals surface area contributed by atoms with Crippen molar-refractivity contribution in [2.75, 3.05) is 13.7 Å². The van der Waals surface area contributed by atoms with Crippen molar-refractivity contribution in [3.05, 3.63) is 47.3 Å². The number of ether oxygens (including phenoxy) is 1. The van der Waals surface area contributed by atoms with E-state index >= 15 is 0 Å². The summed E-state index contributed by atoms with van der Waals surface area (Å²) in [4.78, 5) is 12.4. The molecule has 0 spiro atoms. The highest BCUT2D eigenvalue weighted by Crippen LogP contribution is 2.22. The van der Waals surface area contributed by atoms with Crippen LogP contribution in [0, 0.1) is 0 Å². The van der Waals surface area contributed by atoms with Crippen molar-refractivity contribution in [1.82, 2.24) is 20.4 Å². The van der Waals surface area contributed by atoms with E-state index in [1.165, 1.54) is 0 Å². The lowest BCUT2D eigenvalue weighted by molar-refractivity contribution is -0.122. The maximum Gasteiger partial charge on any atom is 0.230 e. The first-order valence-corrected chi connectivity index (χ1v) is 7.31. The van der Waals surface area contributed by atoms with Gasteiger partial charge in [-0.05, 0) is 17.7 Å². The number of rotatable bonds is 4. The number of aromatic nitrogens is 2. The highest BCUT2D eigenvalue weighted by Gasteiger charge is 2.29. The van der Waals surface area contributed by atoms with Crippen LogP contribution in [-0.2, 0) is 24.9 Å². The third-order valence-electron chi connectivity index (χ3n) is 3.87. The van der Waals surface area contributed by atoms with E-state index < -0.39 is 0 Å². The first kappa shape index (κ1) is 14.6. The largest absolute Gasteiger partial charge is 0.497 e. The molecule has 1 aliphatic rings. The number of hydrogen-bond donors (Lipinski definition) is 2. The highest BCUT2D eigenvalue weighted by atomic mass is 16.5. The Labute approximate surface area is 129 Å². The quantitative estimate of drug-likeness (QED) is 0.881. The van der Waals surface area contributed by atoms with E-state index in [0.29, 0.717) is 13.1 Å². The molecule has 1 aliphatic heterocycles. The highest BCUT2D eigenvalue weighted by molar-refractivity contribution is 5.84. The Balaban J connectivity index is 1.65. The van der Waals surface area contributed by atoms with Crippen LogP contribution in [0.25, 0.3) is 0 Å². The minimum Gasteiger partial charge on any atom is -0.497 e. The molecule has 1 aromatic carbocycles. The summed E-state index contributed by atoms with van der Waals surface area (Å²) in [5.74, 6) is 0.579. The van der Waals surface area contributed by atoms with Gasteiger partial charge in [0, 0.05) is 38.4 Å². The molecule has 1 aromatic heterocycles. The summed E-state index contributed by atoms with van der Waals surface area (Å²) in [6, 6.07) is 7.68. The van der Waals surface area contributed by atoms with Gasteiger partial charge in [-0.2, -0.15) is 5.10 Å². The van der Waals surface area contributed by atoms with Gasteiger partial charge in [0.25, 0.3) is 0 Å². The molecule has 1 amide bonds. The number of aryl methyl sites for hydroxylation is 1. The summed E-state index contributed by atoms with van der Waals surface area (Å²) in [7, 11) is 3.52. The average Bonchev–Trinajstić information content (AvgIpc) is 2.93. The van der Waals surface area contributed by atoms with Crippen LogP contribution in [0.1, 0.15) is 22.7 Å². The number of methoxy groups -OCH3 is 1. The zero-order valence-corrected chi connectivity index (χ0v) is 12.8. The number of fused-ring (bicyclic) bond motifs is 1. The Hall–Kier alpha value is -2.34. The molecule has 0 radical (unpaired) electrons. The maximum absolute atomic E-state index is 12.4. The summed E-state index contributed by atoms with van der Waals surface area (Å²) in [6.07, 6.45) is 1.96. The average molecular weight is 300 g/mol. The second kappa shape index (κ2) is 6.19. The lowest BCUT2D eigenvalue weighted by Crippen LogP contribution is -2.38. The molecule has 0 fully saturated rings. The van der Waals surface area contributed by atoms with E-state index in [0.717, 1.165) is 29.1 Å². The van der Waals surface area contributed by atoms with Gasteiger partial charge in [0.15, 0.2) is 0 Å². The van der Waals surface area contributed by atoms with Gasteiger partial charge in [-0.25, -0.2) is 0 Å². The number of benzene rings is 1. The summed E-state index contributed by atoms with van der Waals surface area (Å²) in [5.41, 5.74) is 3.02. The minimum atomic E-state index is -0.233. The van der Waals surface area contributed by atoms with Crippen molar-refractivity contribution in [3.8, 4) is 5.75 Å². The van der Waals surface area contributed by atoms with Crippen LogP contribution in [0.5, 0.6) is 5.75 Å². The Morgan fingerprint density at radius 3 is 2.95 bits per heavy atom. The van der Waals surface area contributed by atoms with Gasteiger partial charge in [-0.15, -0.1) is 0 Å². The number of nitrogens with zero attached hydrogens (tertiary/aromatic N) is 2. The number of amides is 1. The van der Waals surface area contributed by atoms with Crippen LogP contribution in [0.15, 0.2) is 30.5 Å². The monoisotopic (exact) mass is 300 g/mol. The molecule has 116 valence electrons. The van der Waals surface area contributed by atoms with E-state index in [2.05, 4.69) is 15.7 Å². The Morgan fingerprint density at radius 2 is 2.23 bits per heavy atom. The molecule has 0 bridgehead atoms. The molecule has 0 unspecified atom stereocenters. The normalized spacial score (nSPS) is 16.9. The zero-order valence-electron chi connectivity index (χ0n) is 12.8. The van der Waals surface area contributed by atoms with Crippen LogP contribution < -0.4 is 15.4 Å². The molecule has 6 nitrogen and oxygen atoms in total. The second-order valence-electron chi connectivity index (χ2n) is 5.46. The predicted molar refractivity (Wildman–Crippen MR) is 82.5 cm³/mol. The van der Waals surface area contributed by atoms with Gasteiger partial charge in [-0.1, -0.05) is 12.1 Å². The Morgan fingerprint density at radius 1 is 1.45 bits per heavy atom. The fourth-order valence-corrected chi connectivity index (χ4v) is 2.70. The fourth-order valence-electron chi connectivity index (χ4n) is 2.70. The van der Waals surface area contributed by atoms with Crippen LogP contribution in [0.3, 0.4) is 0 Å². The topological polar surface area (TPSA) is 68.2 Å². The molecule has 0 saturated carbocycles. The van der Waals surface area contributed by atoms with Crippen molar-refractivity contribution in [3.63, 3.8) is 0 Å². The summed E-state index contributed by atoms with van der Waals surface area (Å²) in [5, 5.41) is 10.7. The molecular weight excluding hydrogens is 280 g/mol. The lowest BCUT2D eigenvalue weighted by Gasteiger charge is -2.21. The molecule has 6 heteroatoms. The first-order valence-electron chi connectivity index (χ1n) is 7.31. The second-order valence-corrected chi connectivity index (χ2v) is 5.46. The number of hydrogen-bond acceptors (Lipinski definition) is 4. The number of carbonyl (C=O) groups is 1. The number of carbonyl (C=O) groups excluding carboxylic acids is 1. The van der Waals surface area contributed by atoms with Crippen LogP contribution in [0.2, 0.25) is 0 Å². The van der Waals surface area contributed by atoms with Gasteiger partial charge >= 0.3 is 0 Å². The molecule has 0 saturated heterocycles. The van der Waals surface area contributed by atoms with Crippen molar-refractivity contribution in [2.45, 2.75) is 19.0 Å². The van der Waals surface area contributed by atoms with Crippen molar-refractivity contribution >= 4 is 5.91 Å². The third kappa shape index (κ3) is 2.96. The van der Waals surface area contributed by atoms with Crippen LogP contribution in [-0.4, -0.2) is 29.3 Å². The van der Waals surface area contributed by atoms with Crippen molar-refractivity contribution < 1.29 is 9.53 Å². The van der Waals surface area contributed by atoms with Crippen molar-refractivity contribution in [1.29, 1.82) is 0 Å². The van der Waals surface area contributed by atoms with E-state index in [1.54, 1.807) is 11.8 Å². The van der Waals surface area contributed by atoms with Crippen LogP contribution >= 0.6 is 0 Å². The fraction of sp³-hybridized carbons (Fsp3) is 0.375. The lowest BCUT2D eigenvalue weighted by atomic mass is 9.97. The zero-order chi connectivity index (χ0) is 15.5. The Bertz CT molecular complexity index is 663. The van der Waals surface area contributed by atoms with Gasteiger partial charge in [0.2, 0.25) is 5.91 Å². The summed E-state index contributed by atoms with van der Waals surface area (Å²) < 4.78 is 6.89. The predicted octanol–water partition coefficient (Wildman–Crippen LogP) is 0.932. The molecule has 22 heavy (non-hydrogen) atoms. The van der Waals surface area contributed by atoms with Gasteiger partial charge in [0.05, 0.1) is 18.7 Å². The third-order valence-corrected chi connectivity index (χ3v) is 3.87. The first-order chi connectivity index (χ1) is 10.7.